The van der Waals surface area contributed by atoms with E-state index >= 15 is 0 Å². The molecular weight excluding hydrogens is 372 g/mol. The van der Waals surface area contributed by atoms with E-state index in [1.807, 2.05) is 58.9 Å². The average molecular weight is 403 g/mol. The molecule has 6 heteroatoms. The summed E-state index contributed by atoms with van der Waals surface area (Å²) >= 11 is 0. The molecule has 0 bridgehead atoms. The molecule has 2 atom stereocenters. The van der Waals surface area contributed by atoms with Crippen LogP contribution in [0, 0.1) is 27.7 Å². The minimum Gasteiger partial charge on any atom is -0.348 e. The maximum Gasteiger partial charge on any atom is 0.244 e. The molecule has 1 N–H and O–H groups in total. The maximum absolute atomic E-state index is 12.9. The lowest BCUT2D eigenvalue weighted by atomic mass is 10.0. The fourth-order valence-electron chi connectivity index (χ4n) is 3.12. The minimum absolute atomic E-state index is 0.226. The van der Waals surface area contributed by atoms with Crippen LogP contribution in [0.5, 0.6) is 0 Å². The van der Waals surface area contributed by atoms with Crippen LogP contribution in [0.15, 0.2) is 36.4 Å². The summed E-state index contributed by atoms with van der Waals surface area (Å²) in [5, 5.41) is 2.95. The number of hydrogen-bond donors (Lipinski definition) is 1. The summed E-state index contributed by atoms with van der Waals surface area (Å²) in [6, 6.07) is 10.4. The van der Waals surface area contributed by atoms with E-state index in [1.165, 1.54) is 9.87 Å². The Labute approximate surface area is 168 Å². The van der Waals surface area contributed by atoms with Gasteiger partial charge in [0.25, 0.3) is 0 Å². The van der Waals surface area contributed by atoms with E-state index in [0.717, 1.165) is 28.5 Å². The van der Waals surface area contributed by atoms with Crippen molar-refractivity contribution in [3.8, 4) is 0 Å². The fourth-order valence-corrected chi connectivity index (χ4v) is 4.29. The largest absolute Gasteiger partial charge is 0.348 e. The average Bonchev–Trinajstić information content (AvgIpc) is 2.59. The highest BCUT2D eigenvalue weighted by atomic mass is 32.2. The first-order chi connectivity index (χ1) is 12.9. The number of amides is 1. The minimum atomic E-state index is -3.63. The Balaban J connectivity index is 2.28. The van der Waals surface area contributed by atoms with E-state index in [2.05, 4.69) is 5.32 Å². The number of carbonyl (C=O) groups is 1. The second-order valence-electron chi connectivity index (χ2n) is 7.58. The molecule has 0 spiro atoms. The molecule has 0 unspecified atom stereocenters. The van der Waals surface area contributed by atoms with Gasteiger partial charge in [-0.3, -0.25) is 9.10 Å². The van der Waals surface area contributed by atoms with Crippen LogP contribution in [0.3, 0.4) is 0 Å². The lowest BCUT2D eigenvalue weighted by molar-refractivity contribution is -0.122. The molecule has 152 valence electrons. The van der Waals surface area contributed by atoms with E-state index in [0.29, 0.717) is 5.69 Å². The van der Waals surface area contributed by atoms with Crippen LogP contribution < -0.4 is 9.62 Å². The van der Waals surface area contributed by atoms with Gasteiger partial charge in [-0.25, -0.2) is 8.42 Å². The van der Waals surface area contributed by atoms with E-state index in [4.69, 9.17) is 0 Å². The van der Waals surface area contributed by atoms with Gasteiger partial charge in [0.15, 0.2) is 0 Å². The second kappa shape index (κ2) is 8.35. The summed E-state index contributed by atoms with van der Waals surface area (Å²) in [6.45, 7) is 11.5. The lowest BCUT2D eigenvalue weighted by Gasteiger charge is -2.29. The van der Waals surface area contributed by atoms with E-state index in [9.17, 15) is 13.2 Å². The van der Waals surface area contributed by atoms with Gasteiger partial charge in [-0.15, -0.1) is 0 Å². The Morgan fingerprint density at radius 1 is 0.893 bits per heavy atom. The van der Waals surface area contributed by atoms with Crippen molar-refractivity contribution >= 4 is 21.6 Å². The molecule has 5 nitrogen and oxygen atoms in total. The summed E-state index contributed by atoms with van der Waals surface area (Å²) in [7, 11) is -3.63. The molecule has 0 saturated heterocycles. The van der Waals surface area contributed by atoms with Crippen LogP contribution >= 0.6 is 0 Å². The lowest BCUT2D eigenvalue weighted by Crippen LogP contribution is -2.48. The standard InChI is InChI=1S/C22H30N2O3S/c1-14-8-10-20(12-16(14)3)18(5)23-22(25)19(6)24(28(7,26)27)21-11-9-15(2)17(4)13-21/h8-13,18-19H,1-7H3,(H,23,25)/t18-,19+/m0/s1. The topological polar surface area (TPSA) is 66.5 Å². The maximum atomic E-state index is 12.9. The van der Waals surface area contributed by atoms with Gasteiger partial charge in [-0.2, -0.15) is 0 Å². The second-order valence-corrected chi connectivity index (χ2v) is 9.44. The van der Waals surface area contributed by atoms with Gasteiger partial charge in [0, 0.05) is 0 Å². The highest BCUT2D eigenvalue weighted by Crippen LogP contribution is 2.24. The molecule has 0 radical (unpaired) electrons. The third-order valence-corrected chi connectivity index (χ3v) is 6.46. The van der Waals surface area contributed by atoms with Crippen LogP contribution in [0.1, 0.15) is 47.7 Å². The van der Waals surface area contributed by atoms with Gasteiger partial charge in [0.05, 0.1) is 18.0 Å². The number of anilines is 1. The van der Waals surface area contributed by atoms with E-state index < -0.39 is 16.1 Å². The van der Waals surface area contributed by atoms with Crippen LogP contribution in [-0.4, -0.2) is 26.6 Å². The molecular formula is C22H30N2O3S. The number of aryl methyl sites for hydroxylation is 4. The van der Waals surface area contributed by atoms with Crippen LogP contribution in [-0.2, 0) is 14.8 Å². The molecule has 0 aliphatic carbocycles. The number of nitrogens with zero attached hydrogens (tertiary/aromatic N) is 1. The number of hydrogen-bond acceptors (Lipinski definition) is 3. The van der Waals surface area contributed by atoms with Crippen molar-refractivity contribution in [1.82, 2.24) is 5.32 Å². The predicted molar refractivity (Wildman–Crippen MR) is 115 cm³/mol. The molecule has 0 aromatic heterocycles. The monoisotopic (exact) mass is 402 g/mol. The van der Waals surface area contributed by atoms with Crippen molar-refractivity contribution < 1.29 is 13.2 Å². The zero-order chi connectivity index (χ0) is 21.2. The third-order valence-electron chi connectivity index (χ3n) is 5.22. The molecule has 2 rings (SSSR count). The Kier molecular flexibility index (Phi) is 6.55. The quantitative estimate of drug-likeness (QED) is 0.795. The normalized spacial score (nSPS) is 13.7. The SMILES string of the molecule is Cc1ccc([C@H](C)NC(=O)[C@@H](C)N(c2ccc(C)c(C)c2)S(C)(=O)=O)cc1C. The van der Waals surface area contributed by atoms with Crippen LogP contribution in [0.4, 0.5) is 5.69 Å². The molecule has 0 heterocycles. The summed E-state index contributed by atoms with van der Waals surface area (Å²) < 4.78 is 26.1. The van der Waals surface area contributed by atoms with Gasteiger partial charge < -0.3 is 5.32 Å². The van der Waals surface area contributed by atoms with Gasteiger partial charge in [0.2, 0.25) is 15.9 Å². The first-order valence-corrected chi connectivity index (χ1v) is 11.2. The zero-order valence-electron chi connectivity index (χ0n) is 17.7. The van der Waals surface area contributed by atoms with Gasteiger partial charge in [0.1, 0.15) is 6.04 Å². The Morgan fingerprint density at radius 2 is 1.43 bits per heavy atom. The number of sulfonamides is 1. The Hall–Kier alpha value is -2.34. The van der Waals surface area contributed by atoms with Crippen molar-refractivity contribution in [3.63, 3.8) is 0 Å². The van der Waals surface area contributed by atoms with Crippen LogP contribution in [0.25, 0.3) is 0 Å². The first kappa shape index (κ1) is 22.0. The number of carbonyl (C=O) groups excluding carboxylic acids is 1. The van der Waals surface area contributed by atoms with E-state index in [1.54, 1.807) is 19.1 Å². The Morgan fingerprint density at radius 3 is 1.93 bits per heavy atom. The van der Waals surface area contributed by atoms with Crippen molar-refractivity contribution in [3.05, 3.63) is 64.2 Å². The number of nitrogens with one attached hydrogen (secondary N) is 1. The highest BCUT2D eigenvalue weighted by Gasteiger charge is 2.30. The third kappa shape index (κ3) is 4.93. The summed E-state index contributed by atoms with van der Waals surface area (Å²) in [6.07, 6.45) is 1.12. The molecule has 0 aliphatic heterocycles. The molecule has 0 saturated carbocycles. The summed E-state index contributed by atoms with van der Waals surface area (Å²) in [5.41, 5.74) is 5.86. The zero-order valence-corrected chi connectivity index (χ0v) is 18.5. The molecule has 2 aromatic carbocycles. The highest BCUT2D eigenvalue weighted by molar-refractivity contribution is 7.92. The number of benzene rings is 2. The number of rotatable bonds is 6. The smallest absolute Gasteiger partial charge is 0.244 e. The van der Waals surface area contributed by atoms with Gasteiger partial charge in [-0.05, 0) is 81.5 Å². The fraction of sp³-hybridized carbons (Fsp3) is 0.409. The predicted octanol–water partition coefficient (Wildman–Crippen LogP) is 3.95. The molecule has 2 aromatic rings. The molecule has 1 amide bonds. The van der Waals surface area contributed by atoms with Crippen molar-refractivity contribution in [2.24, 2.45) is 0 Å². The summed E-state index contributed by atoms with van der Waals surface area (Å²) in [4.78, 5) is 12.9. The molecule has 0 fully saturated rings. The first-order valence-electron chi connectivity index (χ1n) is 9.36. The van der Waals surface area contributed by atoms with Crippen molar-refractivity contribution in [2.75, 3.05) is 10.6 Å². The van der Waals surface area contributed by atoms with Gasteiger partial charge >= 0.3 is 0 Å². The van der Waals surface area contributed by atoms with Crippen molar-refractivity contribution in [1.29, 1.82) is 0 Å². The van der Waals surface area contributed by atoms with Crippen LogP contribution in [0.2, 0.25) is 0 Å². The van der Waals surface area contributed by atoms with E-state index in [-0.39, 0.29) is 11.9 Å². The molecule has 28 heavy (non-hydrogen) atoms. The summed E-state index contributed by atoms with van der Waals surface area (Å²) in [5.74, 6) is -0.339. The van der Waals surface area contributed by atoms with Crippen molar-refractivity contribution in [2.45, 2.75) is 53.6 Å². The van der Waals surface area contributed by atoms with Gasteiger partial charge in [-0.1, -0.05) is 24.3 Å². The molecule has 0 aliphatic rings. The Bertz CT molecular complexity index is 983.